The van der Waals surface area contributed by atoms with Crippen LogP contribution in [0, 0.1) is 5.82 Å². The molecule has 0 aromatic heterocycles. The van der Waals surface area contributed by atoms with Gasteiger partial charge in [0, 0.05) is 5.56 Å². The SMILES string of the molecule is COc1ccc(OC)c(C(O)c2ccc(F)c(OC)c2)c1. The highest BCUT2D eigenvalue weighted by Gasteiger charge is 2.18. The molecule has 0 heterocycles. The lowest BCUT2D eigenvalue weighted by Crippen LogP contribution is -2.04. The van der Waals surface area contributed by atoms with E-state index in [1.807, 2.05) is 0 Å². The first kappa shape index (κ1) is 15.1. The van der Waals surface area contributed by atoms with Gasteiger partial charge in [-0.2, -0.15) is 0 Å². The Balaban J connectivity index is 2.45. The van der Waals surface area contributed by atoms with Crippen LogP contribution in [-0.2, 0) is 0 Å². The van der Waals surface area contributed by atoms with Crippen molar-refractivity contribution in [2.45, 2.75) is 6.10 Å². The van der Waals surface area contributed by atoms with E-state index in [9.17, 15) is 9.50 Å². The molecule has 112 valence electrons. The molecule has 0 saturated heterocycles. The van der Waals surface area contributed by atoms with Crippen molar-refractivity contribution in [2.75, 3.05) is 21.3 Å². The van der Waals surface area contributed by atoms with Gasteiger partial charge in [0.2, 0.25) is 0 Å². The van der Waals surface area contributed by atoms with Crippen molar-refractivity contribution in [3.63, 3.8) is 0 Å². The predicted molar refractivity (Wildman–Crippen MR) is 76.6 cm³/mol. The highest BCUT2D eigenvalue weighted by atomic mass is 19.1. The van der Waals surface area contributed by atoms with E-state index in [1.165, 1.54) is 32.4 Å². The number of hydrogen-bond acceptors (Lipinski definition) is 4. The van der Waals surface area contributed by atoms with Crippen LogP contribution in [-0.4, -0.2) is 26.4 Å². The van der Waals surface area contributed by atoms with Crippen molar-refractivity contribution < 1.29 is 23.7 Å². The number of rotatable bonds is 5. The summed E-state index contributed by atoms with van der Waals surface area (Å²) in [6.45, 7) is 0. The van der Waals surface area contributed by atoms with Crippen LogP contribution in [0.15, 0.2) is 36.4 Å². The molecule has 2 aromatic carbocycles. The number of aliphatic hydroxyl groups excluding tert-OH is 1. The predicted octanol–water partition coefficient (Wildman–Crippen LogP) is 2.93. The molecule has 5 heteroatoms. The van der Waals surface area contributed by atoms with E-state index in [4.69, 9.17) is 14.2 Å². The van der Waals surface area contributed by atoms with Crippen molar-refractivity contribution >= 4 is 0 Å². The molecule has 0 saturated carbocycles. The zero-order valence-electron chi connectivity index (χ0n) is 12.1. The third kappa shape index (κ3) is 3.08. The number of benzene rings is 2. The van der Waals surface area contributed by atoms with Crippen LogP contribution < -0.4 is 14.2 Å². The topological polar surface area (TPSA) is 47.9 Å². The van der Waals surface area contributed by atoms with E-state index in [-0.39, 0.29) is 5.75 Å². The Kier molecular flexibility index (Phi) is 4.65. The molecule has 1 atom stereocenters. The minimum absolute atomic E-state index is 0.0772. The Morgan fingerprint density at radius 1 is 0.905 bits per heavy atom. The number of ether oxygens (including phenoxy) is 3. The fourth-order valence-corrected chi connectivity index (χ4v) is 2.08. The minimum atomic E-state index is -0.982. The van der Waals surface area contributed by atoms with Crippen molar-refractivity contribution in [3.05, 3.63) is 53.3 Å². The van der Waals surface area contributed by atoms with Gasteiger partial charge in [0.15, 0.2) is 11.6 Å². The third-order valence-electron chi connectivity index (χ3n) is 3.22. The molecular weight excluding hydrogens is 275 g/mol. The van der Waals surface area contributed by atoms with Crippen LogP contribution >= 0.6 is 0 Å². The maximum Gasteiger partial charge on any atom is 0.165 e. The molecule has 4 nitrogen and oxygen atoms in total. The van der Waals surface area contributed by atoms with Gasteiger partial charge in [-0.15, -0.1) is 0 Å². The van der Waals surface area contributed by atoms with Gasteiger partial charge in [-0.25, -0.2) is 4.39 Å². The summed E-state index contributed by atoms with van der Waals surface area (Å²) in [7, 11) is 4.43. The van der Waals surface area contributed by atoms with Gasteiger partial charge in [-0.1, -0.05) is 6.07 Å². The summed E-state index contributed by atoms with van der Waals surface area (Å²) >= 11 is 0. The van der Waals surface area contributed by atoms with E-state index >= 15 is 0 Å². The second kappa shape index (κ2) is 6.45. The van der Waals surface area contributed by atoms with Gasteiger partial charge in [0.05, 0.1) is 21.3 Å². The first-order chi connectivity index (χ1) is 10.1. The summed E-state index contributed by atoms with van der Waals surface area (Å²) in [6, 6.07) is 9.34. The lowest BCUT2D eigenvalue weighted by atomic mass is 10.00. The summed E-state index contributed by atoms with van der Waals surface area (Å²) < 4.78 is 28.8. The average molecular weight is 292 g/mol. The van der Waals surface area contributed by atoms with E-state index in [0.29, 0.717) is 22.6 Å². The fraction of sp³-hybridized carbons (Fsp3) is 0.250. The molecule has 0 bridgehead atoms. The smallest absolute Gasteiger partial charge is 0.165 e. The number of methoxy groups -OCH3 is 3. The molecule has 0 fully saturated rings. The fourth-order valence-electron chi connectivity index (χ4n) is 2.08. The second-order valence-corrected chi connectivity index (χ2v) is 4.40. The Morgan fingerprint density at radius 3 is 2.24 bits per heavy atom. The standard InChI is InChI=1S/C16H17FO4/c1-19-11-5-7-14(20-2)12(9-11)16(18)10-4-6-13(17)15(8-10)21-3/h4-9,16,18H,1-3H3. The molecule has 0 spiro atoms. The zero-order chi connectivity index (χ0) is 15.4. The molecule has 0 aliphatic rings. The van der Waals surface area contributed by atoms with Gasteiger partial charge < -0.3 is 19.3 Å². The van der Waals surface area contributed by atoms with E-state index in [2.05, 4.69) is 0 Å². The van der Waals surface area contributed by atoms with Crippen LogP contribution in [0.25, 0.3) is 0 Å². The van der Waals surface area contributed by atoms with Crippen LogP contribution in [0.4, 0.5) is 4.39 Å². The summed E-state index contributed by atoms with van der Waals surface area (Å²) in [5.41, 5.74) is 1.03. The molecule has 1 N–H and O–H groups in total. The largest absolute Gasteiger partial charge is 0.497 e. The highest BCUT2D eigenvalue weighted by Crippen LogP contribution is 2.34. The molecule has 21 heavy (non-hydrogen) atoms. The van der Waals surface area contributed by atoms with Crippen LogP contribution in [0.2, 0.25) is 0 Å². The maximum atomic E-state index is 13.4. The Morgan fingerprint density at radius 2 is 1.62 bits per heavy atom. The first-order valence-corrected chi connectivity index (χ1v) is 6.34. The number of hydrogen-bond donors (Lipinski definition) is 1. The van der Waals surface area contributed by atoms with Crippen molar-refractivity contribution in [1.29, 1.82) is 0 Å². The first-order valence-electron chi connectivity index (χ1n) is 6.34. The molecule has 2 aromatic rings. The minimum Gasteiger partial charge on any atom is -0.497 e. The molecule has 1 unspecified atom stereocenters. The molecule has 0 radical (unpaired) electrons. The van der Waals surface area contributed by atoms with E-state index < -0.39 is 11.9 Å². The lowest BCUT2D eigenvalue weighted by Gasteiger charge is -2.17. The Bertz CT molecular complexity index is 628. The quantitative estimate of drug-likeness (QED) is 0.920. The van der Waals surface area contributed by atoms with Gasteiger partial charge in [0.1, 0.15) is 17.6 Å². The second-order valence-electron chi connectivity index (χ2n) is 4.40. The van der Waals surface area contributed by atoms with Gasteiger partial charge >= 0.3 is 0 Å². The van der Waals surface area contributed by atoms with Crippen LogP contribution in [0.3, 0.4) is 0 Å². The van der Waals surface area contributed by atoms with Crippen molar-refractivity contribution in [2.24, 2.45) is 0 Å². The zero-order valence-corrected chi connectivity index (χ0v) is 12.1. The maximum absolute atomic E-state index is 13.4. The normalized spacial score (nSPS) is 11.9. The summed E-state index contributed by atoms with van der Waals surface area (Å²) in [6.07, 6.45) is -0.982. The van der Waals surface area contributed by atoms with E-state index in [1.54, 1.807) is 25.3 Å². The summed E-state index contributed by atoms with van der Waals surface area (Å²) in [5, 5.41) is 10.5. The number of halogens is 1. The Hall–Kier alpha value is -2.27. The van der Waals surface area contributed by atoms with Gasteiger partial charge in [0.25, 0.3) is 0 Å². The molecule has 0 aliphatic carbocycles. The highest BCUT2D eigenvalue weighted by molar-refractivity contribution is 5.46. The van der Waals surface area contributed by atoms with Crippen molar-refractivity contribution in [1.82, 2.24) is 0 Å². The molecule has 0 aliphatic heterocycles. The van der Waals surface area contributed by atoms with Crippen LogP contribution in [0.1, 0.15) is 17.2 Å². The monoisotopic (exact) mass is 292 g/mol. The third-order valence-corrected chi connectivity index (χ3v) is 3.22. The summed E-state index contributed by atoms with van der Waals surface area (Å²) in [5.74, 6) is 0.713. The van der Waals surface area contributed by atoms with Crippen LogP contribution in [0.5, 0.6) is 17.2 Å². The van der Waals surface area contributed by atoms with Gasteiger partial charge in [-0.05, 0) is 35.9 Å². The molecule has 0 amide bonds. The van der Waals surface area contributed by atoms with E-state index in [0.717, 1.165) is 0 Å². The molecule has 2 rings (SSSR count). The Labute approximate surface area is 122 Å². The lowest BCUT2D eigenvalue weighted by molar-refractivity contribution is 0.213. The van der Waals surface area contributed by atoms with Crippen molar-refractivity contribution in [3.8, 4) is 17.2 Å². The number of aliphatic hydroxyl groups is 1. The van der Waals surface area contributed by atoms with Gasteiger partial charge in [-0.3, -0.25) is 0 Å². The average Bonchev–Trinajstić information content (AvgIpc) is 2.54. The molecular formula is C16H17FO4. The summed E-state index contributed by atoms with van der Waals surface area (Å²) in [4.78, 5) is 0.